The zero-order valence-electron chi connectivity index (χ0n) is 55.1. The largest absolute Gasteiger partial charge is 4.00 e. The first-order valence-electron chi connectivity index (χ1n) is 25.1. The Balaban J connectivity index is -0.000000117. The zero-order valence-corrected chi connectivity index (χ0v) is 62.7. The Bertz CT molecular complexity index is 2270. The third-order valence-corrected chi connectivity index (χ3v) is 37.0. The van der Waals surface area contributed by atoms with E-state index in [9.17, 15) is 0 Å². The molecule has 2 aliphatic carbocycles. The van der Waals surface area contributed by atoms with Crippen molar-refractivity contribution < 1.29 is 65.2 Å². The molecule has 0 bridgehead atoms. The summed E-state index contributed by atoms with van der Waals surface area (Å²) in [6.07, 6.45) is 10.4. The molecule has 0 spiro atoms. The van der Waals surface area contributed by atoms with Crippen LogP contribution < -0.4 is 20.7 Å². The van der Waals surface area contributed by atoms with Crippen molar-refractivity contribution in [3.63, 3.8) is 0 Å². The molecule has 0 saturated carbocycles. The van der Waals surface area contributed by atoms with Crippen LogP contribution in [0.4, 0.5) is 0 Å². The van der Waals surface area contributed by atoms with Crippen molar-refractivity contribution in [3.8, 4) is 0 Å². The summed E-state index contributed by atoms with van der Waals surface area (Å²) < 4.78 is 0. The summed E-state index contributed by atoms with van der Waals surface area (Å²) in [5, 5.41) is 6.80. The van der Waals surface area contributed by atoms with Crippen LogP contribution in [0.1, 0.15) is 146 Å². The molecule has 4 aromatic rings. The zero-order chi connectivity index (χ0) is 48.0. The predicted molar refractivity (Wildman–Crippen MR) is 354 cm³/mol. The van der Waals surface area contributed by atoms with Crippen LogP contribution in [0.25, 0.3) is 0 Å². The van der Waals surface area contributed by atoms with Gasteiger partial charge in [-0.15, -0.1) is 19.0 Å². The van der Waals surface area contributed by atoms with Gasteiger partial charge in [0.25, 0.3) is 0 Å². The maximum atomic E-state index is 3.94. The number of allylic oxidation sites excluding steroid dienone is 8. The van der Waals surface area contributed by atoms with Gasteiger partial charge in [0.1, 0.15) is 0 Å². The topological polar surface area (TPSA) is 0 Å². The van der Waals surface area contributed by atoms with E-state index in [-0.39, 0.29) is 142 Å². The van der Waals surface area contributed by atoms with Gasteiger partial charge in [-0.05, 0) is 0 Å². The molecular formula is C70H116Si3Ti3. The minimum Gasteiger partial charge on any atom is -0.358 e. The van der Waals surface area contributed by atoms with E-state index in [0.29, 0.717) is 11.1 Å². The third kappa shape index (κ3) is 16.9. The molecule has 0 nitrogen and oxygen atoms in total. The van der Waals surface area contributed by atoms with Crippen molar-refractivity contribution in [2.75, 3.05) is 0 Å². The van der Waals surface area contributed by atoms with Crippen molar-refractivity contribution in [2.24, 2.45) is 0 Å². The van der Waals surface area contributed by atoms with Crippen LogP contribution >= 0.6 is 0 Å². The van der Waals surface area contributed by atoms with Crippen LogP contribution in [-0.2, 0) is 65.2 Å². The summed E-state index contributed by atoms with van der Waals surface area (Å²) in [7, 11) is -5.15. The van der Waals surface area contributed by atoms with Gasteiger partial charge in [-0.1, -0.05) is 289 Å². The van der Waals surface area contributed by atoms with Gasteiger partial charge < -0.3 is 66.8 Å². The summed E-state index contributed by atoms with van der Waals surface area (Å²) in [6.45, 7) is 47.1. The molecule has 0 amide bonds. The molecular weight excluding hydrogens is 1070 g/mol. The van der Waals surface area contributed by atoms with E-state index in [1.807, 2.05) is 0 Å². The van der Waals surface area contributed by atoms with Gasteiger partial charge in [0, 0.05) is 0 Å². The summed E-state index contributed by atoms with van der Waals surface area (Å²) >= 11 is 0. The van der Waals surface area contributed by atoms with Crippen molar-refractivity contribution in [3.05, 3.63) is 226 Å². The molecule has 0 saturated heterocycles. The third-order valence-electron chi connectivity index (χ3n) is 17.7. The van der Waals surface area contributed by atoms with Crippen LogP contribution in [0.15, 0.2) is 124 Å². The van der Waals surface area contributed by atoms with E-state index in [1.165, 1.54) is 70.4 Å². The number of benzene rings is 3. The Kier molecular flexibility index (Phi) is 48.6. The molecule has 0 aliphatic heterocycles. The fourth-order valence-electron chi connectivity index (χ4n) is 13.2. The molecule has 2 unspecified atom stereocenters. The standard InChI is InChI=1S/2C21H31Si.C19H27Si.9CH3.3Ti/c1-14(2)22(15(3)4,20-12-10-9-11-13-20)21-18(7)16(5)17(6)19(21)8;1-7-14-22(15-8-2,20-12-10-9-11-13-20)21(6)16-17(3)18(4)19(21)5;1-7-20(8-2,18-12-10-9-11-13-18)19(6)14-15(3)16(4)17(19)5;;;;;;;;;;;;/h9-15H,1-8H3;9-13H,7-8,14-15H2,1-6H3;9-13H,7-8H2,1-6H3;9*1H3;;;/q12*-1;3*+4. The number of hydrogen-bond donors (Lipinski definition) is 0. The Labute approximate surface area is 527 Å². The molecule has 4 aromatic carbocycles. The quantitative estimate of drug-likeness (QED) is 0.0872. The van der Waals surface area contributed by atoms with Crippen LogP contribution in [0.5, 0.6) is 0 Å². The van der Waals surface area contributed by atoms with Gasteiger partial charge in [-0.25, -0.2) is 11.1 Å². The van der Waals surface area contributed by atoms with Crippen LogP contribution in [-0.4, -0.2) is 24.2 Å². The van der Waals surface area contributed by atoms with Crippen molar-refractivity contribution in [1.82, 2.24) is 0 Å². The first-order valence-corrected chi connectivity index (χ1v) is 32.1. The number of hydrogen-bond acceptors (Lipinski definition) is 0. The second kappa shape index (κ2) is 39.2. The summed E-state index contributed by atoms with van der Waals surface area (Å²) in [4.78, 5) is 0. The maximum Gasteiger partial charge on any atom is 4.00 e. The SMILES string of the molecule is CCC[Si](CCC)(c1ccccc1)C1(C)[C-]=C(C)C(C)=C1C.CC[Si](CC)(c1ccccc1)C1(C)[C-]=C(C)C(C)=C1C.Cc1c(C)c(C)[c-]([Si](c2ccccc2)(C(C)C)C(C)C)c1C.[CH3-].[CH3-].[CH3-].[CH3-].[CH3-].[CH3-].[CH3-].[CH3-].[CH3-].[Ti+4].[Ti+4].[Ti+4]. The van der Waals surface area contributed by atoms with E-state index < -0.39 is 24.2 Å². The first-order chi connectivity index (χ1) is 30.1. The van der Waals surface area contributed by atoms with E-state index in [2.05, 4.69) is 242 Å². The maximum absolute atomic E-state index is 3.94. The first kappa shape index (κ1) is 94.1. The second-order valence-electron chi connectivity index (χ2n) is 20.8. The normalized spacial score (nSPS) is 16.1. The minimum absolute atomic E-state index is 0. The Morgan fingerprint density at radius 1 is 0.421 bits per heavy atom. The van der Waals surface area contributed by atoms with Gasteiger partial charge in [-0.2, -0.15) is 44.5 Å². The van der Waals surface area contributed by atoms with E-state index in [1.54, 1.807) is 43.0 Å². The summed E-state index contributed by atoms with van der Waals surface area (Å²) in [6, 6.07) is 39.2. The average Bonchev–Trinajstić information content (AvgIpc) is 3.71. The molecule has 76 heavy (non-hydrogen) atoms. The van der Waals surface area contributed by atoms with E-state index in [4.69, 9.17) is 0 Å². The minimum atomic E-state index is -1.80. The average molecular weight is 1190 g/mol. The van der Waals surface area contributed by atoms with Crippen LogP contribution in [0.2, 0.25) is 45.3 Å². The Hall–Kier alpha value is -1.24. The molecule has 420 valence electrons. The van der Waals surface area contributed by atoms with Gasteiger partial charge in [0.05, 0.1) is 24.2 Å². The van der Waals surface area contributed by atoms with Gasteiger partial charge in [0.2, 0.25) is 0 Å². The second-order valence-corrected chi connectivity index (χ2v) is 35.8. The van der Waals surface area contributed by atoms with Crippen LogP contribution in [0.3, 0.4) is 0 Å². The molecule has 2 atom stereocenters. The fraction of sp³-hybridized carbons (Fsp3) is 0.429. The monoisotopic (exact) mass is 1180 g/mol. The van der Waals surface area contributed by atoms with E-state index >= 15 is 0 Å². The number of rotatable bonds is 14. The molecule has 6 heteroatoms. The summed E-state index contributed by atoms with van der Waals surface area (Å²) in [5.41, 5.74) is 16.3. The summed E-state index contributed by atoms with van der Waals surface area (Å²) in [5.74, 6) is 0. The molecule has 0 N–H and O–H groups in total. The Morgan fingerprint density at radius 3 is 0.921 bits per heavy atom. The molecule has 2 aliphatic rings. The van der Waals surface area contributed by atoms with Crippen molar-refractivity contribution in [2.45, 2.75) is 197 Å². The van der Waals surface area contributed by atoms with Crippen molar-refractivity contribution in [1.29, 1.82) is 0 Å². The van der Waals surface area contributed by atoms with Crippen LogP contribution in [0, 0.1) is 107 Å². The van der Waals surface area contributed by atoms with E-state index in [0.717, 1.165) is 0 Å². The van der Waals surface area contributed by atoms with Gasteiger partial charge in [-0.3, -0.25) is 12.2 Å². The predicted octanol–water partition coefficient (Wildman–Crippen LogP) is 20.3. The fourth-order valence-corrected chi connectivity index (χ4v) is 31.4. The smallest absolute Gasteiger partial charge is 0.358 e. The van der Waals surface area contributed by atoms with Gasteiger partial charge in [0.15, 0.2) is 0 Å². The molecule has 0 heterocycles. The molecule has 6 rings (SSSR count). The molecule has 0 aromatic heterocycles. The van der Waals surface area contributed by atoms with Crippen molar-refractivity contribution >= 4 is 45.0 Å². The molecule has 0 fully saturated rings. The Morgan fingerprint density at radius 2 is 0.684 bits per heavy atom. The van der Waals surface area contributed by atoms with Gasteiger partial charge >= 0.3 is 65.2 Å². The molecule has 0 radical (unpaired) electrons.